The molecule has 4 heteroatoms. The molecule has 0 aliphatic rings. The molecule has 0 amide bonds. The first-order valence-electron chi connectivity index (χ1n) is 0. The second kappa shape index (κ2) is 16.8. The maximum atomic E-state index is 0. The van der Waals surface area contributed by atoms with Gasteiger partial charge in [0.2, 0.25) is 0 Å². The zero-order chi connectivity index (χ0) is 0. The normalized spacial score (nSPS) is 0. The van der Waals surface area contributed by atoms with Gasteiger partial charge in [0.15, 0.2) is 0 Å². The standard InChI is InChI=1S/3Mg.Rh. The monoisotopic (exact) mass is 175 g/mol. The van der Waals surface area contributed by atoms with Crippen molar-refractivity contribution in [3.63, 3.8) is 0 Å². The smallest absolute Gasteiger partial charge is 0 e. The SMILES string of the molecule is [Mg].[Mg].[Mg].[Rh]. The van der Waals surface area contributed by atoms with Gasteiger partial charge in [-0.3, -0.25) is 0 Å². The molecule has 0 saturated carbocycles. The molecular weight excluding hydrogens is 176 g/mol. The molecule has 0 rings (SSSR count). The van der Waals surface area contributed by atoms with Gasteiger partial charge in [-0.15, -0.1) is 0 Å². The topological polar surface area (TPSA) is 0 Å². The second-order valence-electron chi connectivity index (χ2n) is 0. The van der Waals surface area contributed by atoms with Gasteiger partial charge in [-0.05, 0) is 0 Å². The van der Waals surface area contributed by atoms with Crippen molar-refractivity contribution >= 4 is 69.2 Å². The molecule has 0 aliphatic carbocycles. The Morgan fingerprint density at radius 1 is 0.500 bits per heavy atom. The molecular formula is Mg3Rh. The molecule has 0 spiro atoms. The van der Waals surface area contributed by atoms with E-state index in [1.807, 2.05) is 0 Å². The van der Waals surface area contributed by atoms with Gasteiger partial charge >= 0.3 is 0 Å². The van der Waals surface area contributed by atoms with Crippen LogP contribution < -0.4 is 0 Å². The van der Waals surface area contributed by atoms with Crippen LogP contribution in [0.15, 0.2) is 0 Å². The molecule has 0 aliphatic heterocycles. The molecule has 0 bridgehead atoms. The van der Waals surface area contributed by atoms with Gasteiger partial charge in [0.25, 0.3) is 0 Å². The minimum absolute atomic E-state index is 0. The summed E-state index contributed by atoms with van der Waals surface area (Å²) in [5, 5.41) is 0. The van der Waals surface area contributed by atoms with Crippen LogP contribution >= 0.6 is 0 Å². The van der Waals surface area contributed by atoms with Crippen LogP contribution in [0.3, 0.4) is 0 Å². The third-order valence-electron chi connectivity index (χ3n) is 0. The van der Waals surface area contributed by atoms with Crippen LogP contribution in [-0.4, -0.2) is 69.2 Å². The molecule has 0 aromatic rings. The Balaban J connectivity index is 0. The third kappa shape index (κ3) is 8.87. The predicted octanol–water partition coefficient (Wildman–Crippen LogP) is -1.14. The first kappa shape index (κ1) is 28.4. The van der Waals surface area contributed by atoms with Crippen molar-refractivity contribution in [2.45, 2.75) is 0 Å². The zero-order valence-electron chi connectivity index (χ0n) is 2.45. The molecule has 7 radical (unpaired) electrons. The van der Waals surface area contributed by atoms with E-state index in [0.717, 1.165) is 0 Å². The molecule has 4 heavy (non-hydrogen) atoms. The van der Waals surface area contributed by atoms with Crippen molar-refractivity contribution in [1.29, 1.82) is 0 Å². The summed E-state index contributed by atoms with van der Waals surface area (Å²) in [4.78, 5) is 0. The summed E-state index contributed by atoms with van der Waals surface area (Å²) in [6, 6.07) is 0. The minimum atomic E-state index is 0. The van der Waals surface area contributed by atoms with E-state index in [0.29, 0.717) is 0 Å². The van der Waals surface area contributed by atoms with Gasteiger partial charge in [-0.1, -0.05) is 0 Å². The predicted molar refractivity (Wildman–Crippen MR) is 17.3 cm³/mol. The quantitative estimate of drug-likeness (QED) is 0.409. The van der Waals surface area contributed by atoms with Crippen molar-refractivity contribution in [1.82, 2.24) is 0 Å². The molecule has 0 aromatic carbocycles. The van der Waals surface area contributed by atoms with Crippen molar-refractivity contribution in [2.24, 2.45) is 0 Å². The van der Waals surface area contributed by atoms with Crippen LogP contribution in [0.2, 0.25) is 0 Å². The largest absolute Gasteiger partial charge is 0 e. The van der Waals surface area contributed by atoms with E-state index in [-0.39, 0.29) is 88.6 Å². The van der Waals surface area contributed by atoms with Crippen molar-refractivity contribution in [3.8, 4) is 0 Å². The summed E-state index contributed by atoms with van der Waals surface area (Å²) >= 11 is 0. The zero-order valence-corrected chi connectivity index (χ0v) is 8.34. The van der Waals surface area contributed by atoms with E-state index in [2.05, 4.69) is 0 Å². The van der Waals surface area contributed by atoms with E-state index < -0.39 is 0 Å². The Morgan fingerprint density at radius 2 is 0.500 bits per heavy atom. The Bertz CT molecular complexity index is 3.25. The Morgan fingerprint density at radius 3 is 0.500 bits per heavy atom. The number of hydrogen-bond acceptors (Lipinski definition) is 0. The summed E-state index contributed by atoms with van der Waals surface area (Å²) in [5.41, 5.74) is 0. The van der Waals surface area contributed by atoms with Crippen LogP contribution in [0.4, 0.5) is 0 Å². The van der Waals surface area contributed by atoms with Crippen LogP contribution in [0.1, 0.15) is 0 Å². The van der Waals surface area contributed by atoms with Gasteiger partial charge < -0.3 is 0 Å². The molecule has 0 unspecified atom stereocenters. The molecule has 0 saturated heterocycles. The summed E-state index contributed by atoms with van der Waals surface area (Å²) in [6.45, 7) is 0. The van der Waals surface area contributed by atoms with Gasteiger partial charge in [0.1, 0.15) is 0 Å². The average Bonchev–Trinajstić information content (AvgIpc) is 0. The summed E-state index contributed by atoms with van der Waals surface area (Å²) < 4.78 is 0. The Kier molecular flexibility index (Phi) is 119. The fourth-order valence-corrected chi connectivity index (χ4v) is 0. The van der Waals surface area contributed by atoms with Crippen molar-refractivity contribution < 1.29 is 19.5 Å². The van der Waals surface area contributed by atoms with Crippen LogP contribution in [-0.2, 0) is 19.5 Å². The average molecular weight is 176 g/mol. The van der Waals surface area contributed by atoms with Crippen LogP contribution in [0.5, 0.6) is 0 Å². The first-order chi connectivity index (χ1) is 0. The van der Waals surface area contributed by atoms with Crippen LogP contribution in [0, 0.1) is 0 Å². The number of rotatable bonds is 0. The molecule has 0 nitrogen and oxygen atoms in total. The molecule has 0 heterocycles. The third-order valence-corrected chi connectivity index (χ3v) is 0. The maximum Gasteiger partial charge on any atom is 0 e. The molecule has 0 aromatic heterocycles. The van der Waals surface area contributed by atoms with Crippen molar-refractivity contribution in [3.05, 3.63) is 0 Å². The summed E-state index contributed by atoms with van der Waals surface area (Å²) in [6.07, 6.45) is 0. The maximum absolute atomic E-state index is 0. The fraction of sp³-hybridized carbons (Fsp3) is 0. The van der Waals surface area contributed by atoms with Gasteiger partial charge in [0, 0.05) is 88.6 Å². The molecule has 0 N–H and O–H groups in total. The second-order valence-corrected chi connectivity index (χ2v) is 0. The van der Waals surface area contributed by atoms with Gasteiger partial charge in [-0.2, -0.15) is 0 Å². The fourth-order valence-electron chi connectivity index (χ4n) is 0. The molecule has 0 fully saturated rings. The first-order valence-corrected chi connectivity index (χ1v) is 0. The van der Waals surface area contributed by atoms with E-state index in [1.54, 1.807) is 0 Å². The van der Waals surface area contributed by atoms with Crippen molar-refractivity contribution in [2.75, 3.05) is 0 Å². The Hall–Kier alpha value is 2.92. The summed E-state index contributed by atoms with van der Waals surface area (Å²) in [7, 11) is 0. The Labute approximate surface area is 87.1 Å². The van der Waals surface area contributed by atoms with E-state index in [4.69, 9.17) is 0 Å². The van der Waals surface area contributed by atoms with E-state index >= 15 is 0 Å². The molecule has 15 valence electrons. The van der Waals surface area contributed by atoms with Gasteiger partial charge in [-0.25, -0.2) is 0 Å². The molecule has 0 atom stereocenters. The van der Waals surface area contributed by atoms with E-state index in [1.165, 1.54) is 0 Å². The summed E-state index contributed by atoms with van der Waals surface area (Å²) in [5.74, 6) is 0. The van der Waals surface area contributed by atoms with Gasteiger partial charge in [0.05, 0.1) is 0 Å². The van der Waals surface area contributed by atoms with Crippen LogP contribution in [0.25, 0.3) is 0 Å². The minimum Gasteiger partial charge on any atom is 0 e. The number of hydrogen-bond donors (Lipinski definition) is 0. The van der Waals surface area contributed by atoms with E-state index in [9.17, 15) is 0 Å².